The van der Waals surface area contributed by atoms with Crippen molar-refractivity contribution in [2.75, 3.05) is 0 Å². The molecule has 6 heteroatoms. The molecule has 0 bridgehead atoms. The van der Waals surface area contributed by atoms with Crippen LogP contribution in [-0.2, 0) is 11.0 Å². The maximum absolute atomic E-state index is 10.3. The Morgan fingerprint density at radius 1 is 1.88 bits per heavy atom. The van der Waals surface area contributed by atoms with Crippen LogP contribution in [0.4, 0.5) is 0 Å². The number of hydrogen-bond acceptors (Lipinski definition) is 4. The molecule has 0 fully saturated rings. The molecule has 8 heavy (non-hydrogen) atoms. The van der Waals surface area contributed by atoms with Gasteiger partial charge >= 0.3 is 0 Å². The van der Waals surface area contributed by atoms with Crippen molar-refractivity contribution in [3.63, 3.8) is 0 Å². The highest BCUT2D eigenvalue weighted by Crippen LogP contribution is 2.01. The monoisotopic (exact) mass is 149 g/mol. The summed E-state index contributed by atoms with van der Waals surface area (Å²) in [7, 11) is -1.45. The van der Waals surface area contributed by atoms with Crippen LogP contribution in [0, 0.1) is 0 Å². The minimum atomic E-state index is -1.45. The molecule has 0 aromatic carbocycles. The maximum atomic E-state index is 10.3. The molecule has 0 aliphatic carbocycles. The summed E-state index contributed by atoms with van der Waals surface area (Å²) in [6.45, 7) is 0. The SMILES string of the molecule is NS(=O)c1nncs1. The topological polar surface area (TPSA) is 68.9 Å². The van der Waals surface area contributed by atoms with Gasteiger partial charge in [-0.05, 0) is 0 Å². The Kier molecular flexibility index (Phi) is 1.66. The zero-order valence-electron chi connectivity index (χ0n) is 3.77. The lowest BCUT2D eigenvalue weighted by Crippen LogP contribution is -2.01. The molecule has 1 unspecified atom stereocenters. The van der Waals surface area contributed by atoms with Gasteiger partial charge < -0.3 is 0 Å². The summed E-state index contributed by atoms with van der Waals surface area (Å²) in [5, 5.41) is 11.8. The largest absolute Gasteiger partial charge is 0.245 e. The number of nitrogens with zero attached hydrogens (tertiary/aromatic N) is 2. The number of nitrogens with two attached hydrogens (primary N) is 1. The van der Waals surface area contributed by atoms with Crippen LogP contribution in [-0.4, -0.2) is 14.4 Å². The lowest BCUT2D eigenvalue weighted by Gasteiger charge is -1.78. The van der Waals surface area contributed by atoms with Crippen LogP contribution in [0.15, 0.2) is 9.85 Å². The van der Waals surface area contributed by atoms with E-state index in [0.717, 1.165) is 0 Å². The Labute approximate surface area is 52.3 Å². The Hall–Kier alpha value is -0.330. The van der Waals surface area contributed by atoms with Crippen LogP contribution in [0.3, 0.4) is 0 Å². The van der Waals surface area contributed by atoms with Gasteiger partial charge in [-0.25, -0.2) is 9.35 Å². The van der Waals surface area contributed by atoms with Crippen LogP contribution >= 0.6 is 11.3 Å². The fourth-order valence-electron chi connectivity index (χ4n) is 0.251. The first kappa shape index (κ1) is 5.80. The average Bonchev–Trinajstić information content (AvgIpc) is 2.12. The van der Waals surface area contributed by atoms with E-state index >= 15 is 0 Å². The van der Waals surface area contributed by atoms with Crippen molar-refractivity contribution >= 4 is 22.3 Å². The third-order valence-corrected chi connectivity index (χ3v) is 2.20. The van der Waals surface area contributed by atoms with E-state index in [1.807, 2.05) is 0 Å². The van der Waals surface area contributed by atoms with Gasteiger partial charge in [-0.1, -0.05) is 11.3 Å². The van der Waals surface area contributed by atoms with Crippen molar-refractivity contribution in [3.8, 4) is 0 Å². The third kappa shape index (κ3) is 1.09. The Bertz CT molecular complexity index is 183. The molecule has 0 radical (unpaired) electrons. The van der Waals surface area contributed by atoms with Gasteiger partial charge in [-0.15, -0.1) is 10.2 Å². The molecule has 0 aliphatic rings. The highest BCUT2D eigenvalue weighted by atomic mass is 32.2. The second-order valence-corrected chi connectivity index (χ2v) is 3.08. The number of hydrogen-bond donors (Lipinski definition) is 1. The van der Waals surface area contributed by atoms with Gasteiger partial charge in [-0.2, -0.15) is 0 Å². The minimum Gasteiger partial charge on any atom is -0.245 e. The first-order valence-electron chi connectivity index (χ1n) is 1.73. The highest BCUT2D eigenvalue weighted by molar-refractivity contribution is 7.84. The van der Waals surface area contributed by atoms with Crippen LogP contribution in [0.1, 0.15) is 0 Å². The van der Waals surface area contributed by atoms with Gasteiger partial charge in [0.25, 0.3) is 0 Å². The number of aromatic nitrogens is 2. The minimum absolute atomic E-state index is 0.366. The second-order valence-electron chi connectivity index (χ2n) is 1.00. The fraction of sp³-hybridized carbons (Fsp3) is 0. The molecule has 0 aliphatic heterocycles. The molecule has 2 N–H and O–H groups in total. The van der Waals surface area contributed by atoms with Gasteiger partial charge in [0.05, 0.1) is 0 Å². The highest BCUT2D eigenvalue weighted by Gasteiger charge is 1.98. The van der Waals surface area contributed by atoms with Gasteiger partial charge in [0.15, 0.2) is 11.0 Å². The molecule has 0 amide bonds. The van der Waals surface area contributed by atoms with Gasteiger partial charge in [0, 0.05) is 0 Å². The summed E-state index contributed by atoms with van der Waals surface area (Å²) in [5.41, 5.74) is 1.49. The van der Waals surface area contributed by atoms with E-state index in [1.54, 1.807) is 0 Å². The van der Waals surface area contributed by atoms with E-state index in [-0.39, 0.29) is 0 Å². The molecule has 4 nitrogen and oxygen atoms in total. The predicted octanol–water partition coefficient (Wildman–Crippen LogP) is -0.481. The van der Waals surface area contributed by atoms with Crippen molar-refractivity contribution in [2.45, 2.75) is 4.34 Å². The van der Waals surface area contributed by atoms with E-state index in [4.69, 9.17) is 5.14 Å². The summed E-state index contributed by atoms with van der Waals surface area (Å²) in [5.74, 6) is 0. The number of rotatable bonds is 1. The first-order chi connectivity index (χ1) is 3.80. The molecule has 1 atom stereocenters. The standard InChI is InChI=1S/C2H3N3OS2/c3-8(6)2-5-4-1-7-2/h1H,3H2. The Balaban J connectivity index is 2.93. The van der Waals surface area contributed by atoms with Crippen LogP contribution in [0.5, 0.6) is 0 Å². The van der Waals surface area contributed by atoms with Gasteiger partial charge in [-0.3, -0.25) is 0 Å². The van der Waals surface area contributed by atoms with E-state index < -0.39 is 11.0 Å². The summed E-state index contributed by atoms with van der Waals surface area (Å²) in [6, 6.07) is 0. The summed E-state index contributed by atoms with van der Waals surface area (Å²) < 4.78 is 10.7. The Morgan fingerprint density at radius 3 is 2.88 bits per heavy atom. The zero-order chi connectivity index (χ0) is 5.98. The molecule has 1 aromatic heterocycles. The molecule has 1 heterocycles. The van der Waals surface area contributed by atoms with Gasteiger partial charge in [0.1, 0.15) is 5.51 Å². The summed E-state index contributed by atoms with van der Waals surface area (Å²) in [4.78, 5) is 0. The molecule has 1 aromatic rings. The van der Waals surface area contributed by atoms with Crippen molar-refractivity contribution < 1.29 is 4.21 Å². The Morgan fingerprint density at radius 2 is 2.62 bits per heavy atom. The molecule has 1 rings (SSSR count). The molecule has 0 saturated heterocycles. The van der Waals surface area contributed by atoms with Crippen molar-refractivity contribution in [3.05, 3.63) is 5.51 Å². The lowest BCUT2D eigenvalue weighted by molar-refractivity contribution is 0.682. The smallest absolute Gasteiger partial charge is 0.219 e. The van der Waals surface area contributed by atoms with E-state index in [0.29, 0.717) is 4.34 Å². The molecule has 44 valence electrons. The zero-order valence-corrected chi connectivity index (χ0v) is 5.41. The van der Waals surface area contributed by atoms with Crippen molar-refractivity contribution in [1.82, 2.24) is 10.2 Å². The van der Waals surface area contributed by atoms with Crippen LogP contribution < -0.4 is 5.14 Å². The average molecular weight is 149 g/mol. The molecule has 0 saturated carbocycles. The van der Waals surface area contributed by atoms with E-state index in [2.05, 4.69) is 10.2 Å². The van der Waals surface area contributed by atoms with E-state index in [9.17, 15) is 4.21 Å². The molecule has 0 spiro atoms. The summed E-state index contributed by atoms with van der Waals surface area (Å²) in [6.07, 6.45) is 0. The maximum Gasteiger partial charge on any atom is 0.219 e. The van der Waals surface area contributed by atoms with Crippen molar-refractivity contribution in [1.29, 1.82) is 0 Å². The second kappa shape index (κ2) is 2.29. The van der Waals surface area contributed by atoms with Gasteiger partial charge in [0.2, 0.25) is 4.34 Å². The quantitative estimate of drug-likeness (QED) is 0.586. The molecular weight excluding hydrogens is 146 g/mol. The third-order valence-electron chi connectivity index (χ3n) is 0.512. The lowest BCUT2D eigenvalue weighted by atomic mass is 11.6. The summed E-state index contributed by atoms with van der Waals surface area (Å²) >= 11 is 1.18. The van der Waals surface area contributed by atoms with Crippen LogP contribution in [0.2, 0.25) is 0 Å². The first-order valence-corrected chi connectivity index (χ1v) is 3.82. The van der Waals surface area contributed by atoms with Crippen LogP contribution in [0.25, 0.3) is 0 Å². The molecular formula is C2H3N3OS2. The van der Waals surface area contributed by atoms with E-state index in [1.165, 1.54) is 16.8 Å². The normalized spacial score (nSPS) is 13.6. The predicted molar refractivity (Wildman–Crippen MR) is 30.5 cm³/mol. The van der Waals surface area contributed by atoms with Crippen molar-refractivity contribution in [2.24, 2.45) is 5.14 Å². The fourth-order valence-corrected chi connectivity index (χ4v) is 1.17.